The maximum absolute atomic E-state index is 14.8. The van der Waals surface area contributed by atoms with Crippen LogP contribution in [0.25, 0.3) is 33.3 Å². The summed E-state index contributed by atoms with van der Waals surface area (Å²) in [5.41, 5.74) is 9.32. The number of hydrogen-bond acceptors (Lipinski definition) is 11. The van der Waals surface area contributed by atoms with Crippen molar-refractivity contribution in [3.63, 3.8) is 0 Å². The number of carbonyl (C=O) groups excluding carboxylic acids is 4. The predicted molar refractivity (Wildman–Crippen MR) is 249 cm³/mol. The summed E-state index contributed by atoms with van der Waals surface area (Å²) >= 11 is 0. The first-order valence-electron chi connectivity index (χ1n) is 22.8. The summed E-state index contributed by atoms with van der Waals surface area (Å²) in [5.74, 6) is -3.43. The second-order valence-corrected chi connectivity index (χ2v) is 20.9. The molecule has 4 aromatic rings. The highest BCUT2D eigenvalue weighted by molar-refractivity contribution is 7.92. The lowest BCUT2D eigenvalue weighted by Crippen LogP contribution is -2.62. The number of aromatic hydroxyl groups is 1. The number of esters is 1. The quantitative estimate of drug-likeness (QED) is 0.186. The third-order valence-corrected chi connectivity index (χ3v) is 15.4. The standard InChI is InChI=1S/C49H61N7O9S/c1-9-55-38-16-15-30-25-35(38)39-40(44(64-8)41-34(43(39)55)13-11-18-50-41)49(5,6)27-65-48(61)36-14-12-19-56(52-36)47(60)37(23-29-21-32(30)24-33(57)22-29)51-45(58)42(28(3)4)53(7)46(59)31-17-20-54(26-31)66(62,63)10-2/h10-11,13,15-16,18,21-22,24-25,28,31,36-37,40,42,44,52,57H,2,9,12,14,17,19-20,23,26-27H2,1,3-8H3,(H,51,58)/t31-,36-,37?,40?,42-,44-/m0/s1. The lowest BCUT2D eigenvalue weighted by atomic mass is 9.67. The first kappa shape index (κ1) is 46.9. The number of ether oxygens (including phenoxy) is 2. The highest BCUT2D eigenvalue weighted by atomic mass is 32.2. The zero-order valence-corrected chi connectivity index (χ0v) is 39.6. The van der Waals surface area contributed by atoms with E-state index in [0.717, 1.165) is 44.4 Å². The van der Waals surface area contributed by atoms with Crippen LogP contribution in [-0.4, -0.2) is 120 Å². The molecule has 8 rings (SSSR count). The summed E-state index contributed by atoms with van der Waals surface area (Å²) < 4.78 is 41.0. The maximum atomic E-state index is 14.8. The summed E-state index contributed by atoms with van der Waals surface area (Å²) in [5, 5.41) is 17.5. The summed E-state index contributed by atoms with van der Waals surface area (Å²) in [6.07, 6.45) is 2.41. The van der Waals surface area contributed by atoms with Crippen LogP contribution in [0.3, 0.4) is 0 Å². The van der Waals surface area contributed by atoms with E-state index in [4.69, 9.17) is 14.5 Å². The number of phenolic OH excluding ortho intramolecular Hbond substituents is 1. The average Bonchev–Trinajstić information content (AvgIpc) is 3.93. The van der Waals surface area contributed by atoms with Gasteiger partial charge in [-0.05, 0) is 90.8 Å². The number of rotatable bonds is 9. The van der Waals surface area contributed by atoms with E-state index in [1.54, 1.807) is 39.3 Å². The molecule has 3 amide bonds. The van der Waals surface area contributed by atoms with Crippen molar-refractivity contribution >= 4 is 44.6 Å². The Morgan fingerprint density at radius 2 is 1.89 bits per heavy atom. The van der Waals surface area contributed by atoms with Gasteiger partial charge < -0.3 is 29.4 Å². The highest BCUT2D eigenvalue weighted by Crippen LogP contribution is 2.57. The number of fused-ring (bicyclic) bond motifs is 8. The molecule has 17 heteroatoms. The van der Waals surface area contributed by atoms with E-state index < -0.39 is 69.3 Å². The molecule has 2 unspecified atom stereocenters. The number of phenols is 1. The van der Waals surface area contributed by atoms with Gasteiger partial charge in [0.1, 0.15) is 30.0 Å². The molecule has 4 aliphatic rings. The van der Waals surface area contributed by atoms with Crippen LogP contribution in [0.1, 0.15) is 82.7 Å². The van der Waals surface area contributed by atoms with Crippen LogP contribution in [0.5, 0.6) is 5.75 Å². The Morgan fingerprint density at radius 1 is 1.12 bits per heavy atom. The Hall–Kier alpha value is -5.62. The van der Waals surface area contributed by atoms with Crippen LogP contribution in [0.4, 0.5) is 0 Å². The number of likely N-dealkylation sites (N-methyl/N-ethyl adjacent to an activating group) is 1. The van der Waals surface area contributed by atoms with Crippen molar-refractivity contribution < 1.29 is 42.2 Å². The summed E-state index contributed by atoms with van der Waals surface area (Å²) in [7, 11) is -0.533. The molecule has 6 atom stereocenters. The fourth-order valence-corrected chi connectivity index (χ4v) is 11.7. The highest BCUT2D eigenvalue weighted by Gasteiger charge is 2.48. The summed E-state index contributed by atoms with van der Waals surface area (Å²) in [6, 6.07) is 12.3. The van der Waals surface area contributed by atoms with Crippen LogP contribution in [0.2, 0.25) is 0 Å². The molecule has 2 fully saturated rings. The van der Waals surface area contributed by atoms with E-state index >= 15 is 0 Å². The fourth-order valence-electron chi connectivity index (χ4n) is 10.7. The summed E-state index contributed by atoms with van der Waals surface area (Å²) in [6.45, 7) is 14.3. The largest absolute Gasteiger partial charge is 0.508 e. The monoisotopic (exact) mass is 923 g/mol. The minimum Gasteiger partial charge on any atom is -0.508 e. The van der Waals surface area contributed by atoms with Crippen molar-refractivity contribution in [2.24, 2.45) is 17.3 Å². The van der Waals surface area contributed by atoms with Crippen LogP contribution < -0.4 is 10.7 Å². The lowest BCUT2D eigenvalue weighted by Gasteiger charge is -2.42. The van der Waals surface area contributed by atoms with Crippen LogP contribution in [0, 0.1) is 17.3 Å². The number of hydrogen-bond donors (Lipinski definition) is 3. The number of methoxy groups -OCH3 is 1. The van der Waals surface area contributed by atoms with Gasteiger partial charge in [-0.25, -0.2) is 13.8 Å². The molecule has 2 aromatic heterocycles. The van der Waals surface area contributed by atoms with Gasteiger partial charge in [0.15, 0.2) is 0 Å². The Kier molecular flexibility index (Phi) is 12.9. The Labute approximate surface area is 386 Å². The second kappa shape index (κ2) is 18.2. The van der Waals surface area contributed by atoms with Crippen LogP contribution in [-0.2, 0) is 51.6 Å². The number of carbonyl (C=O) groups is 4. The molecule has 16 nitrogen and oxygen atoms in total. The molecule has 352 valence electrons. The predicted octanol–water partition coefficient (Wildman–Crippen LogP) is 5.26. The fraction of sp³-hybridized carbons (Fsp3) is 0.490. The van der Waals surface area contributed by atoms with E-state index in [9.17, 15) is 32.7 Å². The van der Waals surface area contributed by atoms with Crippen molar-refractivity contribution in [2.75, 3.05) is 40.4 Å². The molecule has 3 N–H and O–H groups in total. The number of hydrazine groups is 1. The van der Waals surface area contributed by atoms with Crippen molar-refractivity contribution in [1.29, 1.82) is 0 Å². The number of nitrogens with zero attached hydrogens (tertiary/aromatic N) is 5. The van der Waals surface area contributed by atoms with E-state index in [-0.39, 0.29) is 56.7 Å². The lowest BCUT2D eigenvalue weighted by molar-refractivity contribution is -0.156. The van der Waals surface area contributed by atoms with Gasteiger partial charge in [-0.2, -0.15) is 4.31 Å². The van der Waals surface area contributed by atoms with Gasteiger partial charge in [0.05, 0.1) is 23.9 Å². The van der Waals surface area contributed by atoms with E-state index in [2.05, 4.69) is 60.9 Å². The van der Waals surface area contributed by atoms with E-state index in [1.807, 2.05) is 18.2 Å². The van der Waals surface area contributed by atoms with Gasteiger partial charge in [-0.3, -0.25) is 29.2 Å². The van der Waals surface area contributed by atoms with Crippen molar-refractivity contribution in [3.05, 3.63) is 83.5 Å². The first-order valence-corrected chi connectivity index (χ1v) is 24.3. The van der Waals surface area contributed by atoms with E-state index in [0.29, 0.717) is 30.5 Å². The molecule has 1 aliphatic carbocycles. The Bertz CT molecular complexity index is 2700. The molecule has 0 spiro atoms. The molecular weight excluding hydrogens is 863 g/mol. The molecule has 66 heavy (non-hydrogen) atoms. The molecule has 0 saturated carbocycles. The molecule has 5 heterocycles. The molecule has 3 aliphatic heterocycles. The number of benzene rings is 2. The van der Waals surface area contributed by atoms with Crippen LogP contribution in [0.15, 0.2) is 66.7 Å². The van der Waals surface area contributed by atoms with Crippen molar-refractivity contribution in [2.45, 2.75) is 97.0 Å². The summed E-state index contributed by atoms with van der Waals surface area (Å²) in [4.78, 5) is 63.5. The van der Waals surface area contributed by atoms with Gasteiger partial charge in [-0.15, -0.1) is 0 Å². The average molecular weight is 924 g/mol. The van der Waals surface area contributed by atoms with Crippen molar-refractivity contribution in [3.8, 4) is 28.1 Å². The first-order chi connectivity index (χ1) is 31.4. The minimum atomic E-state index is -3.73. The minimum absolute atomic E-state index is 0.0307. The van der Waals surface area contributed by atoms with Gasteiger partial charge in [0, 0.05) is 86.2 Å². The van der Waals surface area contributed by atoms with Gasteiger partial charge in [0.25, 0.3) is 5.91 Å². The third-order valence-electron chi connectivity index (χ3n) is 13.9. The number of sulfonamides is 1. The van der Waals surface area contributed by atoms with Crippen molar-refractivity contribution in [1.82, 2.24) is 34.5 Å². The number of pyridine rings is 1. The number of nitrogens with one attached hydrogen (secondary N) is 2. The molecule has 0 radical (unpaired) electrons. The zero-order valence-electron chi connectivity index (χ0n) is 38.7. The molecule has 2 saturated heterocycles. The maximum Gasteiger partial charge on any atom is 0.324 e. The van der Waals surface area contributed by atoms with E-state index in [1.165, 1.54) is 21.3 Å². The third kappa shape index (κ3) is 8.50. The Balaban J connectivity index is 1.21. The molecular formula is C49H61N7O9S. The zero-order chi connectivity index (χ0) is 47.4. The molecule has 6 bridgehead atoms. The SMILES string of the molecule is C=CS(=O)(=O)N1CC[C@H](C(=O)N(C)[C@H](C(=O)NC2Cc3cc(O)cc(c3)-c3ccc4c(c3)c3c(n4CC)-c4cccnc4[C@@H](OC)C3C(C)(C)COC(=O)[C@@H]3CCCN(N3)C2=O)C(C)C)C1. The topological polar surface area (TPSA) is 193 Å². The van der Waals surface area contributed by atoms with Gasteiger partial charge >= 0.3 is 5.97 Å². The normalized spacial score (nSPS) is 23.8. The van der Waals surface area contributed by atoms with Gasteiger partial charge in [-0.1, -0.05) is 46.4 Å². The van der Waals surface area contributed by atoms with Gasteiger partial charge in [0.2, 0.25) is 21.8 Å². The smallest absolute Gasteiger partial charge is 0.324 e. The number of amides is 3. The van der Waals surface area contributed by atoms with Crippen LogP contribution >= 0.6 is 0 Å². The second-order valence-electron chi connectivity index (χ2n) is 19.1. The number of aryl methyl sites for hydroxylation is 1. The number of cyclic esters (lactones) is 1. The Morgan fingerprint density at radius 3 is 2.61 bits per heavy atom. The molecule has 2 aromatic carbocycles. The number of aromatic nitrogens is 2.